The number of rotatable bonds is 5. The van der Waals surface area contributed by atoms with Crippen molar-refractivity contribution < 1.29 is 4.74 Å². The molecule has 0 aliphatic heterocycles. The lowest BCUT2D eigenvalue weighted by Gasteiger charge is -2.34. The first-order valence-electron chi connectivity index (χ1n) is 6.92. The molecule has 0 saturated heterocycles. The molecule has 1 fully saturated rings. The Labute approximate surface area is 111 Å². The maximum Gasteiger partial charge on any atom is 0.0862 e. The molecule has 0 heterocycles. The van der Waals surface area contributed by atoms with Crippen molar-refractivity contribution in [1.82, 2.24) is 0 Å². The van der Waals surface area contributed by atoms with Crippen molar-refractivity contribution in [1.29, 1.82) is 0 Å². The van der Waals surface area contributed by atoms with Gasteiger partial charge in [-0.1, -0.05) is 56.7 Å². The minimum Gasteiger partial charge on any atom is -0.369 e. The molecule has 1 saturated carbocycles. The SMILES string of the molecule is C=CCOC(c1ccccc1)C1CCCC1(C)C. The summed E-state index contributed by atoms with van der Waals surface area (Å²) in [5.74, 6) is 0.611. The van der Waals surface area contributed by atoms with Crippen LogP contribution in [0.15, 0.2) is 43.0 Å². The molecule has 0 aromatic heterocycles. The lowest BCUT2D eigenvalue weighted by molar-refractivity contribution is -0.00634. The summed E-state index contributed by atoms with van der Waals surface area (Å²) in [6.45, 7) is 9.14. The van der Waals surface area contributed by atoms with Crippen molar-refractivity contribution in [3.63, 3.8) is 0 Å². The van der Waals surface area contributed by atoms with Crippen molar-refractivity contribution in [2.75, 3.05) is 6.61 Å². The zero-order chi connectivity index (χ0) is 13.0. The van der Waals surface area contributed by atoms with Gasteiger partial charge in [0.1, 0.15) is 0 Å². The van der Waals surface area contributed by atoms with E-state index in [1.807, 2.05) is 6.08 Å². The van der Waals surface area contributed by atoms with Crippen LogP contribution >= 0.6 is 0 Å². The van der Waals surface area contributed by atoms with Crippen LogP contribution in [0, 0.1) is 11.3 Å². The molecular weight excluding hydrogens is 220 g/mol. The third kappa shape index (κ3) is 2.84. The smallest absolute Gasteiger partial charge is 0.0862 e. The second-order valence-corrected chi connectivity index (χ2v) is 5.94. The van der Waals surface area contributed by atoms with E-state index in [9.17, 15) is 0 Å². The Bertz CT molecular complexity index is 380. The first kappa shape index (κ1) is 13.4. The summed E-state index contributed by atoms with van der Waals surface area (Å²) in [6.07, 6.45) is 5.94. The van der Waals surface area contributed by atoms with E-state index in [2.05, 4.69) is 50.8 Å². The molecule has 0 radical (unpaired) electrons. The Kier molecular flexibility index (Phi) is 4.23. The van der Waals surface area contributed by atoms with Crippen molar-refractivity contribution in [2.45, 2.75) is 39.2 Å². The Morgan fingerprint density at radius 3 is 2.67 bits per heavy atom. The lowest BCUT2D eigenvalue weighted by Crippen LogP contribution is -2.26. The van der Waals surface area contributed by atoms with E-state index in [4.69, 9.17) is 4.74 Å². The van der Waals surface area contributed by atoms with Crippen LogP contribution in [0.5, 0.6) is 0 Å². The second-order valence-electron chi connectivity index (χ2n) is 5.94. The van der Waals surface area contributed by atoms with Gasteiger partial charge < -0.3 is 4.74 Å². The highest BCUT2D eigenvalue weighted by molar-refractivity contribution is 5.19. The third-order valence-electron chi connectivity index (χ3n) is 4.23. The van der Waals surface area contributed by atoms with Crippen LogP contribution in [-0.4, -0.2) is 6.61 Å². The average Bonchev–Trinajstić information content (AvgIpc) is 2.71. The van der Waals surface area contributed by atoms with Crippen LogP contribution in [0.4, 0.5) is 0 Å². The van der Waals surface area contributed by atoms with Crippen LogP contribution in [0.1, 0.15) is 44.8 Å². The molecule has 0 spiro atoms. The molecule has 0 bridgehead atoms. The molecule has 98 valence electrons. The van der Waals surface area contributed by atoms with Gasteiger partial charge in [-0.3, -0.25) is 0 Å². The summed E-state index contributed by atoms with van der Waals surface area (Å²) in [6, 6.07) is 10.6. The van der Waals surface area contributed by atoms with Gasteiger partial charge in [0.25, 0.3) is 0 Å². The summed E-state index contributed by atoms with van der Waals surface area (Å²) < 4.78 is 6.08. The van der Waals surface area contributed by atoms with Crippen molar-refractivity contribution in [3.05, 3.63) is 48.6 Å². The Balaban J connectivity index is 2.22. The highest BCUT2D eigenvalue weighted by Gasteiger charge is 2.40. The number of hydrogen-bond donors (Lipinski definition) is 0. The molecule has 0 amide bonds. The summed E-state index contributed by atoms with van der Waals surface area (Å²) in [5, 5.41) is 0. The first-order chi connectivity index (χ1) is 8.65. The van der Waals surface area contributed by atoms with E-state index in [0.717, 1.165) is 0 Å². The van der Waals surface area contributed by atoms with Crippen molar-refractivity contribution in [3.8, 4) is 0 Å². The van der Waals surface area contributed by atoms with E-state index in [1.54, 1.807) is 0 Å². The van der Waals surface area contributed by atoms with Gasteiger partial charge in [-0.25, -0.2) is 0 Å². The monoisotopic (exact) mass is 244 g/mol. The molecule has 1 aromatic rings. The number of ether oxygens (including phenoxy) is 1. The topological polar surface area (TPSA) is 9.23 Å². The van der Waals surface area contributed by atoms with Crippen LogP contribution in [0.2, 0.25) is 0 Å². The second kappa shape index (κ2) is 5.71. The number of hydrogen-bond acceptors (Lipinski definition) is 1. The normalized spacial score (nSPS) is 23.8. The van der Waals surface area contributed by atoms with E-state index < -0.39 is 0 Å². The minimum atomic E-state index is 0.210. The molecule has 1 nitrogen and oxygen atoms in total. The molecule has 0 N–H and O–H groups in total. The van der Waals surface area contributed by atoms with Crippen molar-refractivity contribution in [2.24, 2.45) is 11.3 Å². The van der Waals surface area contributed by atoms with E-state index in [0.29, 0.717) is 17.9 Å². The summed E-state index contributed by atoms with van der Waals surface area (Å²) in [5.41, 5.74) is 1.68. The minimum absolute atomic E-state index is 0.210. The zero-order valence-corrected chi connectivity index (χ0v) is 11.6. The molecule has 2 unspecified atom stereocenters. The summed E-state index contributed by atoms with van der Waals surface area (Å²) in [7, 11) is 0. The molecule has 2 atom stereocenters. The highest BCUT2D eigenvalue weighted by Crippen LogP contribution is 2.49. The molecule has 2 rings (SSSR count). The lowest BCUT2D eigenvalue weighted by atomic mass is 9.76. The van der Waals surface area contributed by atoms with E-state index >= 15 is 0 Å². The van der Waals surface area contributed by atoms with Gasteiger partial charge in [-0.2, -0.15) is 0 Å². The largest absolute Gasteiger partial charge is 0.369 e. The van der Waals surface area contributed by atoms with Gasteiger partial charge in [-0.05, 0) is 29.7 Å². The standard InChI is InChI=1S/C17H24O/c1-4-13-18-16(14-9-6-5-7-10-14)15-11-8-12-17(15,2)3/h4-7,9-10,15-16H,1,8,11-13H2,2-3H3. The third-order valence-corrected chi connectivity index (χ3v) is 4.23. The van der Waals surface area contributed by atoms with Crippen molar-refractivity contribution >= 4 is 0 Å². The van der Waals surface area contributed by atoms with Crippen LogP contribution < -0.4 is 0 Å². The predicted molar refractivity (Wildman–Crippen MR) is 76.5 cm³/mol. The van der Waals surface area contributed by atoms with Gasteiger partial charge in [-0.15, -0.1) is 6.58 Å². The Hall–Kier alpha value is -1.08. The molecular formula is C17H24O. The van der Waals surface area contributed by atoms with E-state index in [-0.39, 0.29) is 6.10 Å². The Morgan fingerprint density at radius 2 is 2.11 bits per heavy atom. The van der Waals surface area contributed by atoms with E-state index in [1.165, 1.54) is 24.8 Å². The molecule has 1 aliphatic rings. The van der Waals surface area contributed by atoms with Crippen LogP contribution in [-0.2, 0) is 4.74 Å². The summed E-state index contributed by atoms with van der Waals surface area (Å²) in [4.78, 5) is 0. The zero-order valence-electron chi connectivity index (χ0n) is 11.6. The quantitative estimate of drug-likeness (QED) is 0.679. The fourth-order valence-electron chi connectivity index (χ4n) is 3.17. The van der Waals surface area contributed by atoms with Gasteiger partial charge in [0.2, 0.25) is 0 Å². The maximum atomic E-state index is 6.08. The van der Waals surface area contributed by atoms with Crippen LogP contribution in [0.25, 0.3) is 0 Å². The fourth-order valence-corrected chi connectivity index (χ4v) is 3.17. The van der Waals surface area contributed by atoms with Gasteiger partial charge in [0.05, 0.1) is 12.7 Å². The highest BCUT2D eigenvalue weighted by atomic mass is 16.5. The Morgan fingerprint density at radius 1 is 1.39 bits per heavy atom. The molecule has 1 heteroatoms. The maximum absolute atomic E-state index is 6.08. The molecule has 18 heavy (non-hydrogen) atoms. The molecule has 1 aromatic carbocycles. The fraction of sp³-hybridized carbons (Fsp3) is 0.529. The van der Waals surface area contributed by atoms with Gasteiger partial charge in [0.15, 0.2) is 0 Å². The summed E-state index contributed by atoms with van der Waals surface area (Å²) >= 11 is 0. The molecule has 1 aliphatic carbocycles. The predicted octanol–water partition coefficient (Wildman–Crippen LogP) is 4.76. The first-order valence-corrected chi connectivity index (χ1v) is 6.92. The number of benzene rings is 1. The van der Waals surface area contributed by atoms with Crippen LogP contribution in [0.3, 0.4) is 0 Å². The van der Waals surface area contributed by atoms with Gasteiger partial charge in [0, 0.05) is 0 Å². The average molecular weight is 244 g/mol. The van der Waals surface area contributed by atoms with Gasteiger partial charge >= 0.3 is 0 Å².